The molecule has 1 aromatic heterocycles. The van der Waals surface area contributed by atoms with Gasteiger partial charge in [0.05, 0.1) is 11.5 Å². The van der Waals surface area contributed by atoms with Crippen molar-refractivity contribution in [2.75, 3.05) is 16.8 Å². The lowest BCUT2D eigenvalue weighted by Gasteiger charge is -2.12. The Morgan fingerprint density at radius 2 is 2.12 bits per heavy atom. The molecule has 2 heterocycles. The largest absolute Gasteiger partial charge is 0.347 e. The van der Waals surface area contributed by atoms with Crippen LogP contribution < -0.4 is 10.6 Å². The first-order valence-electron chi connectivity index (χ1n) is 7.69. The second-order valence-corrected chi connectivity index (χ2v) is 8.54. The number of rotatable bonds is 4. The monoisotopic (exact) mass is 380 g/mol. The Balaban J connectivity index is 1.73. The summed E-state index contributed by atoms with van der Waals surface area (Å²) in [6.45, 7) is 1.88. The van der Waals surface area contributed by atoms with E-state index in [0.717, 1.165) is 11.3 Å². The van der Waals surface area contributed by atoms with E-state index in [1.807, 2.05) is 19.1 Å². The Kier molecular flexibility index (Phi) is 4.91. The maximum absolute atomic E-state index is 12.3. The summed E-state index contributed by atoms with van der Waals surface area (Å²) >= 11 is 6.09. The Labute approximate surface area is 150 Å². The molecule has 1 aliphatic rings. The maximum atomic E-state index is 12.3. The number of aromatic nitrogens is 2. The van der Waals surface area contributed by atoms with Gasteiger partial charge >= 0.3 is 0 Å². The highest BCUT2D eigenvalue weighted by molar-refractivity contribution is 7.91. The number of nitrogens with zero attached hydrogens (tertiary/aromatic N) is 2. The standard InChI is InChI=1S/C16H17ClN4O3S/c1-10-12(17)3-2-4-13(10)21-15-7-14(18-9-19-15)16(22)20-11-5-6-25(23,24)8-11/h2-4,7,9,11H,5-6,8H2,1H3,(H,20,22)(H,18,19,21). The summed E-state index contributed by atoms with van der Waals surface area (Å²) in [5.74, 6) is 0.0964. The zero-order valence-electron chi connectivity index (χ0n) is 13.5. The van der Waals surface area contributed by atoms with Crippen LogP contribution in [0.4, 0.5) is 11.5 Å². The normalized spacial score (nSPS) is 18.7. The lowest BCUT2D eigenvalue weighted by Crippen LogP contribution is -2.36. The van der Waals surface area contributed by atoms with Crippen LogP contribution in [0, 0.1) is 6.92 Å². The number of hydrogen-bond acceptors (Lipinski definition) is 6. The molecule has 0 bridgehead atoms. The Bertz CT molecular complexity index is 917. The minimum atomic E-state index is -3.05. The highest BCUT2D eigenvalue weighted by atomic mass is 35.5. The van der Waals surface area contributed by atoms with Crippen LogP contribution in [0.3, 0.4) is 0 Å². The molecule has 7 nitrogen and oxygen atoms in total. The van der Waals surface area contributed by atoms with Crippen molar-refractivity contribution in [1.82, 2.24) is 15.3 Å². The van der Waals surface area contributed by atoms with E-state index in [1.165, 1.54) is 12.4 Å². The van der Waals surface area contributed by atoms with Gasteiger partial charge in [0.2, 0.25) is 0 Å². The molecule has 0 radical (unpaired) electrons. The van der Waals surface area contributed by atoms with Crippen LogP contribution in [0.15, 0.2) is 30.6 Å². The first kappa shape index (κ1) is 17.6. The molecule has 0 saturated carbocycles. The molecule has 2 aromatic rings. The van der Waals surface area contributed by atoms with Crippen LogP contribution in [-0.2, 0) is 9.84 Å². The summed E-state index contributed by atoms with van der Waals surface area (Å²) in [7, 11) is -3.05. The molecule has 0 spiro atoms. The lowest BCUT2D eigenvalue weighted by atomic mass is 10.2. The summed E-state index contributed by atoms with van der Waals surface area (Å²) in [4.78, 5) is 20.4. The molecule has 1 aromatic carbocycles. The maximum Gasteiger partial charge on any atom is 0.270 e. The van der Waals surface area contributed by atoms with Gasteiger partial charge in [-0.15, -0.1) is 0 Å². The lowest BCUT2D eigenvalue weighted by molar-refractivity contribution is 0.0936. The Morgan fingerprint density at radius 3 is 2.84 bits per heavy atom. The average molecular weight is 381 g/mol. The average Bonchev–Trinajstić information content (AvgIpc) is 2.91. The highest BCUT2D eigenvalue weighted by Crippen LogP contribution is 2.25. The molecular formula is C16H17ClN4O3S. The van der Waals surface area contributed by atoms with Gasteiger partial charge in [-0.1, -0.05) is 17.7 Å². The second-order valence-electron chi connectivity index (χ2n) is 5.90. The number of benzene rings is 1. The first-order valence-corrected chi connectivity index (χ1v) is 9.89. The van der Waals surface area contributed by atoms with Gasteiger partial charge in [-0.05, 0) is 31.0 Å². The van der Waals surface area contributed by atoms with Crippen molar-refractivity contribution in [3.8, 4) is 0 Å². The van der Waals surface area contributed by atoms with Crippen LogP contribution in [0.25, 0.3) is 0 Å². The SMILES string of the molecule is Cc1c(Cl)cccc1Nc1cc(C(=O)NC2CCS(=O)(=O)C2)ncn1. The van der Waals surface area contributed by atoms with Crippen molar-refractivity contribution in [3.63, 3.8) is 0 Å². The van der Waals surface area contributed by atoms with Crippen LogP contribution in [0.2, 0.25) is 5.02 Å². The topological polar surface area (TPSA) is 101 Å². The molecule has 1 atom stereocenters. The molecule has 0 aliphatic carbocycles. The summed E-state index contributed by atoms with van der Waals surface area (Å²) in [6.07, 6.45) is 1.70. The predicted molar refractivity (Wildman–Crippen MR) is 96.0 cm³/mol. The minimum absolute atomic E-state index is 0.0311. The molecule has 25 heavy (non-hydrogen) atoms. The third kappa shape index (κ3) is 4.26. The summed E-state index contributed by atoms with van der Waals surface area (Å²) in [5.41, 5.74) is 1.81. The van der Waals surface area contributed by atoms with E-state index in [1.54, 1.807) is 6.07 Å². The Hall–Kier alpha value is -2.19. The van der Waals surface area contributed by atoms with Crippen LogP contribution in [0.1, 0.15) is 22.5 Å². The third-order valence-corrected chi connectivity index (χ3v) is 6.18. The van der Waals surface area contributed by atoms with Crippen molar-refractivity contribution in [2.45, 2.75) is 19.4 Å². The summed E-state index contributed by atoms with van der Waals surface area (Å²) in [6, 6.07) is 6.59. The number of nitrogens with one attached hydrogen (secondary N) is 2. The van der Waals surface area contributed by atoms with E-state index in [9.17, 15) is 13.2 Å². The zero-order chi connectivity index (χ0) is 18.0. The molecule has 1 amide bonds. The minimum Gasteiger partial charge on any atom is -0.347 e. The highest BCUT2D eigenvalue weighted by Gasteiger charge is 2.29. The zero-order valence-corrected chi connectivity index (χ0v) is 15.1. The van der Waals surface area contributed by atoms with E-state index in [2.05, 4.69) is 20.6 Å². The van der Waals surface area contributed by atoms with Gasteiger partial charge in [-0.3, -0.25) is 4.79 Å². The van der Waals surface area contributed by atoms with E-state index < -0.39 is 15.7 Å². The van der Waals surface area contributed by atoms with Crippen molar-refractivity contribution < 1.29 is 13.2 Å². The van der Waals surface area contributed by atoms with Crippen molar-refractivity contribution in [3.05, 3.63) is 46.9 Å². The summed E-state index contributed by atoms with van der Waals surface area (Å²) in [5, 5.41) is 6.43. The van der Waals surface area contributed by atoms with Gasteiger partial charge in [-0.2, -0.15) is 0 Å². The van der Waals surface area contributed by atoms with Crippen LogP contribution in [0.5, 0.6) is 0 Å². The number of amides is 1. The number of sulfone groups is 1. The molecule has 3 rings (SSSR count). The van der Waals surface area contributed by atoms with E-state index >= 15 is 0 Å². The fourth-order valence-electron chi connectivity index (χ4n) is 2.60. The van der Waals surface area contributed by atoms with Gasteiger partial charge in [0, 0.05) is 22.8 Å². The van der Waals surface area contributed by atoms with E-state index in [-0.39, 0.29) is 23.2 Å². The number of hydrogen-bond donors (Lipinski definition) is 2. The van der Waals surface area contributed by atoms with Crippen molar-refractivity contribution in [1.29, 1.82) is 0 Å². The fraction of sp³-hybridized carbons (Fsp3) is 0.312. The first-order chi connectivity index (χ1) is 11.8. The Morgan fingerprint density at radius 1 is 1.32 bits per heavy atom. The van der Waals surface area contributed by atoms with Crippen LogP contribution >= 0.6 is 11.6 Å². The molecule has 1 unspecified atom stereocenters. The van der Waals surface area contributed by atoms with Gasteiger partial charge < -0.3 is 10.6 Å². The molecular weight excluding hydrogens is 364 g/mol. The van der Waals surface area contributed by atoms with E-state index in [4.69, 9.17) is 11.6 Å². The van der Waals surface area contributed by atoms with E-state index in [0.29, 0.717) is 17.3 Å². The van der Waals surface area contributed by atoms with Gasteiger partial charge in [-0.25, -0.2) is 18.4 Å². The number of carbonyl (C=O) groups is 1. The molecule has 2 N–H and O–H groups in total. The van der Waals surface area contributed by atoms with Crippen molar-refractivity contribution >= 4 is 38.9 Å². The third-order valence-electron chi connectivity index (χ3n) is 4.00. The number of carbonyl (C=O) groups excluding carboxylic acids is 1. The van der Waals surface area contributed by atoms with Gasteiger partial charge in [0.15, 0.2) is 9.84 Å². The second kappa shape index (κ2) is 6.97. The number of halogens is 1. The molecule has 1 saturated heterocycles. The number of anilines is 2. The smallest absolute Gasteiger partial charge is 0.270 e. The summed E-state index contributed by atoms with van der Waals surface area (Å²) < 4.78 is 23.0. The fourth-order valence-corrected chi connectivity index (χ4v) is 4.45. The molecule has 132 valence electrons. The van der Waals surface area contributed by atoms with Gasteiger partial charge in [0.25, 0.3) is 5.91 Å². The molecule has 1 fully saturated rings. The molecule has 1 aliphatic heterocycles. The molecule has 9 heteroatoms. The van der Waals surface area contributed by atoms with Gasteiger partial charge in [0.1, 0.15) is 17.8 Å². The van der Waals surface area contributed by atoms with Crippen molar-refractivity contribution in [2.24, 2.45) is 0 Å². The quantitative estimate of drug-likeness (QED) is 0.842. The predicted octanol–water partition coefficient (Wildman–Crippen LogP) is 2.10. The van der Waals surface area contributed by atoms with Crippen LogP contribution in [-0.4, -0.2) is 41.8 Å².